The van der Waals surface area contributed by atoms with Crippen LogP contribution in [0.15, 0.2) is 5.38 Å². The van der Waals surface area contributed by atoms with Gasteiger partial charge in [0.15, 0.2) is 10.8 Å². The Hall–Kier alpha value is -1.03. The fourth-order valence-electron chi connectivity index (χ4n) is 0.784. The minimum Gasteiger partial charge on any atom is -0.300 e. The highest BCUT2D eigenvalue weighted by Gasteiger charge is 2.11. The van der Waals surface area contributed by atoms with E-state index in [0.29, 0.717) is 5.01 Å². The van der Waals surface area contributed by atoms with Crippen molar-refractivity contribution in [3.8, 4) is 0 Å². The largest absolute Gasteiger partial charge is 0.300 e. The molecule has 0 saturated carbocycles. The van der Waals surface area contributed by atoms with E-state index in [9.17, 15) is 9.59 Å². The number of aromatic nitrogens is 1. The zero-order valence-corrected chi connectivity index (χ0v) is 7.77. The van der Waals surface area contributed by atoms with Crippen molar-refractivity contribution >= 4 is 22.9 Å². The van der Waals surface area contributed by atoms with Crippen molar-refractivity contribution in [1.82, 2.24) is 4.98 Å². The van der Waals surface area contributed by atoms with E-state index in [4.69, 9.17) is 0 Å². The van der Waals surface area contributed by atoms with Crippen LogP contribution in [0.3, 0.4) is 0 Å². The summed E-state index contributed by atoms with van der Waals surface area (Å²) in [5.41, 5.74) is 0.826. The van der Waals surface area contributed by atoms with E-state index < -0.39 is 0 Å². The first kappa shape index (κ1) is 9.06. The molecule has 0 aromatic carbocycles. The molecule has 0 N–H and O–H groups in total. The molecule has 0 aliphatic carbocycles. The van der Waals surface area contributed by atoms with E-state index in [1.165, 1.54) is 18.3 Å². The fourth-order valence-corrected chi connectivity index (χ4v) is 1.52. The lowest BCUT2D eigenvalue weighted by molar-refractivity contribution is -0.116. The third-order valence-corrected chi connectivity index (χ3v) is 2.27. The Morgan fingerprint density at radius 3 is 2.67 bits per heavy atom. The number of rotatable bonds is 3. The van der Waals surface area contributed by atoms with Gasteiger partial charge in [-0.2, -0.15) is 0 Å². The molecule has 0 amide bonds. The highest BCUT2D eigenvalue weighted by Crippen LogP contribution is 2.10. The summed E-state index contributed by atoms with van der Waals surface area (Å²) < 4.78 is 0. The number of hydrogen-bond acceptors (Lipinski definition) is 4. The van der Waals surface area contributed by atoms with Crippen molar-refractivity contribution < 1.29 is 9.59 Å². The molecule has 0 radical (unpaired) electrons. The lowest BCUT2D eigenvalue weighted by Crippen LogP contribution is -2.04. The van der Waals surface area contributed by atoms with Gasteiger partial charge in [-0.05, 0) is 13.8 Å². The maximum absolute atomic E-state index is 11.2. The maximum Gasteiger partial charge on any atom is 0.198 e. The van der Waals surface area contributed by atoms with Gasteiger partial charge in [-0.25, -0.2) is 4.98 Å². The molecule has 3 nitrogen and oxygen atoms in total. The summed E-state index contributed by atoms with van der Waals surface area (Å²) >= 11 is 1.29. The van der Waals surface area contributed by atoms with Crippen LogP contribution in [0.25, 0.3) is 0 Å². The van der Waals surface area contributed by atoms with Crippen molar-refractivity contribution in [3.63, 3.8) is 0 Å². The van der Waals surface area contributed by atoms with Crippen LogP contribution in [0.2, 0.25) is 0 Å². The van der Waals surface area contributed by atoms with Gasteiger partial charge in [-0.3, -0.25) is 9.59 Å². The molecular formula is C8H9NO2S. The minimum atomic E-state index is -0.180. The molecule has 0 fully saturated rings. The molecule has 0 saturated heterocycles. The molecule has 12 heavy (non-hydrogen) atoms. The molecule has 0 aliphatic heterocycles. The van der Waals surface area contributed by atoms with Gasteiger partial charge in [0, 0.05) is 11.1 Å². The highest BCUT2D eigenvalue weighted by molar-refractivity contribution is 7.11. The first-order valence-corrected chi connectivity index (χ1v) is 4.42. The second-order valence-corrected chi connectivity index (χ2v) is 3.45. The van der Waals surface area contributed by atoms with E-state index in [0.717, 1.165) is 5.69 Å². The maximum atomic E-state index is 11.2. The summed E-state index contributed by atoms with van der Waals surface area (Å²) in [5.74, 6) is -0.298. The molecule has 64 valence electrons. The average molecular weight is 183 g/mol. The Balaban J connectivity index is 2.72. The number of carbonyl (C=O) groups is 2. The first-order chi connectivity index (χ1) is 5.59. The normalized spacial score (nSPS) is 9.83. The van der Waals surface area contributed by atoms with Crippen molar-refractivity contribution in [3.05, 3.63) is 16.1 Å². The molecule has 1 aromatic rings. The van der Waals surface area contributed by atoms with Crippen LogP contribution >= 0.6 is 11.3 Å². The first-order valence-electron chi connectivity index (χ1n) is 3.54. The Bertz CT molecular complexity index is 317. The van der Waals surface area contributed by atoms with Gasteiger partial charge >= 0.3 is 0 Å². The second-order valence-electron chi connectivity index (χ2n) is 2.60. The SMILES string of the molecule is CC(=O)CC(=O)c1nc(C)cs1. The third kappa shape index (κ3) is 2.23. The molecule has 0 spiro atoms. The predicted molar refractivity (Wildman–Crippen MR) is 46.5 cm³/mol. The van der Waals surface area contributed by atoms with Crippen LogP contribution in [0.5, 0.6) is 0 Å². The van der Waals surface area contributed by atoms with Crippen molar-refractivity contribution in [2.24, 2.45) is 0 Å². The van der Waals surface area contributed by atoms with Gasteiger partial charge in [0.05, 0.1) is 6.42 Å². The van der Waals surface area contributed by atoms with Gasteiger partial charge in [0.1, 0.15) is 5.78 Å². The lowest BCUT2D eigenvalue weighted by Gasteiger charge is -1.89. The van der Waals surface area contributed by atoms with Crippen LogP contribution in [0.1, 0.15) is 28.8 Å². The Kier molecular flexibility index (Phi) is 2.70. The van der Waals surface area contributed by atoms with Crippen LogP contribution in [-0.4, -0.2) is 16.6 Å². The topological polar surface area (TPSA) is 47.0 Å². The molecular weight excluding hydrogens is 174 g/mol. The molecule has 1 aromatic heterocycles. The zero-order valence-electron chi connectivity index (χ0n) is 6.96. The summed E-state index contributed by atoms with van der Waals surface area (Å²) in [4.78, 5) is 25.8. The molecule has 0 bridgehead atoms. The molecule has 0 atom stereocenters. The Morgan fingerprint density at radius 1 is 1.58 bits per heavy atom. The van der Waals surface area contributed by atoms with Gasteiger partial charge in [-0.15, -0.1) is 11.3 Å². The van der Waals surface area contributed by atoms with E-state index in [2.05, 4.69) is 4.98 Å². The van der Waals surface area contributed by atoms with Crippen molar-refractivity contribution in [2.45, 2.75) is 20.3 Å². The zero-order chi connectivity index (χ0) is 9.14. The molecule has 0 aliphatic rings. The number of carbonyl (C=O) groups excluding carboxylic acids is 2. The lowest BCUT2D eigenvalue weighted by atomic mass is 10.2. The van der Waals surface area contributed by atoms with Crippen LogP contribution in [-0.2, 0) is 4.79 Å². The number of thiazole rings is 1. The van der Waals surface area contributed by atoms with E-state index >= 15 is 0 Å². The van der Waals surface area contributed by atoms with Gasteiger partial charge < -0.3 is 0 Å². The second kappa shape index (κ2) is 3.58. The number of ketones is 2. The summed E-state index contributed by atoms with van der Waals surface area (Å²) in [6, 6.07) is 0. The third-order valence-electron chi connectivity index (χ3n) is 1.27. The Labute approximate surface area is 74.4 Å². The molecule has 1 heterocycles. The quantitative estimate of drug-likeness (QED) is 0.528. The summed E-state index contributed by atoms with van der Waals surface area (Å²) in [6.45, 7) is 3.22. The number of Topliss-reactive ketones (excluding diaryl/α,β-unsaturated/α-hetero) is 2. The standard InChI is InChI=1S/C8H9NO2S/c1-5-4-12-8(9-5)7(11)3-6(2)10/h4H,3H2,1-2H3. The molecule has 4 heteroatoms. The monoisotopic (exact) mass is 183 g/mol. The fraction of sp³-hybridized carbons (Fsp3) is 0.375. The van der Waals surface area contributed by atoms with Gasteiger partial charge in [-0.1, -0.05) is 0 Å². The molecule has 0 unspecified atom stereocenters. The summed E-state index contributed by atoms with van der Waals surface area (Å²) in [6.07, 6.45) is -0.0348. The van der Waals surface area contributed by atoms with E-state index in [-0.39, 0.29) is 18.0 Å². The minimum absolute atomic E-state index is 0.0348. The number of nitrogens with zero attached hydrogens (tertiary/aromatic N) is 1. The van der Waals surface area contributed by atoms with Crippen molar-refractivity contribution in [1.29, 1.82) is 0 Å². The predicted octanol–water partition coefficient (Wildman–Crippen LogP) is 1.61. The Morgan fingerprint density at radius 2 is 2.25 bits per heavy atom. The number of aryl methyl sites for hydroxylation is 1. The summed E-state index contributed by atoms with van der Waals surface area (Å²) in [5, 5.41) is 2.23. The highest BCUT2D eigenvalue weighted by atomic mass is 32.1. The van der Waals surface area contributed by atoms with Crippen molar-refractivity contribution in [2.75, 3.05) is 0 Å². The van der Waals surface area contributed by atoms with Crippen LogP contribution in [0.4, 0.5) is 0 Å². The smallest absolute Gasteiger partial charge is 0.198 e. The summed E-state index contributed by atoms with van der Waals surface area (Å²) in [7, 11) is 0. The van der Waals surface area contributed by atoms with E-state index in [1.807, 2.05) is 6.92 Å². The molecule has 1 rings (SSSR count). The van der Waals surface area contributed by atoms with Crippen LogP contribution < -0.4 is 0 Å². The number of hydrogen-bond donors (Lipinski definition) is 0. The van der Waals surface area contributed by atoms with E-state index in [1.54, 1.807) is 5.38 Å². The van der Waals surface area contributed by atoms with Crippen LogP contribution in [0, 0.1) is 6.92 Å². The van der Waals surface area contributed by atoms with Gasteiger partial charge in [0.25, 0.3) is 0 Å². The van der Waals surface area contributed by atoms with Gasteiger partial charge in [0.2, 0.25) is 0 Å². The average Bonchev–Trinajstić information content (AvgIpc) is 2.34.